The Hall–Kier alpha value is -0.0400. The molecule has 2 aliphatic heterocycles. The molecule has 0 aliphatic carbocycles. The Balaban J connectivity index is 0.00000200. The predicted octanol–water partition coefficient (Wildman–Crippen LogP) is 2.53. The first-order valence-corrected chi connectivity index (χ1v) is 7.99. The number of likely N-dealkylation sites (N-methyl/N-ethyl adjacent to an activating group) is 1. The van der Waals surface area contributed by atoms with Crippen molar-refractivity contribution in [3.05, 3.63) is 0 Å². The maximum Gasteiger partial charge on any atom is 0.191 e. The molecule has 0 saturated carbocycles. The molecule has 2 heterocycles. The highest BCUT2D eigenvalue weighted by Crippen LogP contribution is 2.18. The van der Waals surface area contributed by atoms with Crippen LogP contribution in [0.1, 0.15) is 46.0 Å². The summed E-state index contributed by atoms with van der Waals surface area (Å²) in [5, 5.41) is 0. The van der Waals surface area contributed by atoms with E-state index in [0.717, 1.165) is 38.1 Å². The lowest BCUT2D eigenvalue weighted by Crippen LogP contribution is -2.45. The molecule has 20 heavy (non-hydrogen) atoms. The molecule has 5 heteroatoms. The maximum atomic E-state index is 6.16. The molecule has 2 rings (SSSR count). The summed E-state index contributed by atoms with van der Waals surface area (Å²) in [7, 11) is 0. The van der Waals surface area contributed by atoms with Gasteiger partial charge in [0.05, 0.1) is 6.54 Å². The molecule has 0 amide bonds. The van der Waals surface area contributed by atoms with Gasteiger partial charge in [0, 0.05) is 19.1 Å². The zero-order valence-electron chi connectivity index (χ0n) is 13.1. The van der Waals surface area contributed by atoms with Crippen molar-refractivity contribution in [2.45, 2.75) is 52.0 Å². The van der Waals surface area contributed by atoms with Crippen LogP contribution in [0.15, 0.2) is 4.99 Å². The van der Waals surface area contributed by atoms with E-state index in [-0.39, 0.29) is 24.0 Å². The molecule has 0 aromatic rings. The van der Waals surface area contributed by atoms with Crippen molar-refractivity contribution < 1.29 is 0 Å². The Bertz CT molecular complexity index is 300. The van der Waals surface area contributed by atoms with Gasteiger partial charge in [-0.1, -0.05) is 20.3 Å². The predicted molar refractivity (Wildman–Crippen MR) is 96.8 cm³/mol. The highest BCUT2D eigenvalue weighted by molar-refractivity contribution is 14.0. The van der Waals surface area contributed by atoms with Crippen LogP contribution in [0.2, 0.25) is 0 Å². The summed E-state index contributed by atoms with van der Waals surface area (Å²) >= 11 is 0. The highest BCUT2D eigenvalue weighted by atomic mass is 127. The van der Waals surface area contributed by atoms with Crippen LogP contribution in [0, 0.1) is 5.92 Å². The fourth-order valence-electron chi connectivity index (χ4n) is 3.22. The van der Waals surface area contributed by atoms with Crippen LogP contribution in [0.3, 0.4) is 0 Å². The quantitative estimate of drug-likeness (QED) is 0.455. The van der Waals surface area contributed by atoms with Crippen molar-refractivity contribution in [1.82, 2.24) is 9.80 Å². The molecule has 1 atom stereocenters. The standard InChI is InChI=1S/C15H30N4.HI/c1-3-18-9-5-4-6-14(18)12-17-15(16)19-10-7-13(2)8-11-19;/h13-14H,3-12H2,1-2H3,(H2,16,17);1H. The first-order chi connectivity index (χ1) is 9.20. The summed E-state index contributed by atoms with van der Waals surface area (Å²) in [5.41, 5.74) is 6.16. The molecule has 0 radical (unpaired) electrons. The van der Waals surface area contributed by atoms with E-state index in [0.29, 0.717) is 6.04 Å². The molecule has 2 fully saturated rings. The number of nitrogens with two attached hydrogens (primary N) is 1. The normalized spacial score (nSPS) is 26.4. The number of nitrogens with zero attached hydrogens (tertiary/aromatic N) is 3. The van der Waals surface area contributed by atoms with Crippen molar-refractivity contribution in [1.29, 1.82) is 0 Å². The van der Waals surface area contributed by atoms with Gasteiger partial charge in [-0.05, 0) is 44.7 Å². The molecule has 0 bridgehead atoms. The van der Waals surface area contributed by atoms with E-state index in [2.05, 4.69) is 28.6 Å². The Morgan fingerprint density at radius 1 is 1.15 bits per heavy atom. The minimum Gasteiger partial charge on any atom is -0.370 e. The number of rotatable bonds is 3. The maximum absolute atomic E-state index is 6.16. The van der Waals surface area contributed by atoms with Gasteiger partial charge in [0.1, 0.15) is 0 Å². The SMILES string of the molecule is CCN1CCCCC1CN=C(N)N1CCC(C)CC1.I. The van der Waals surface area contributed by atoms with Gasteiger partial charge < -0.3 is 10.6 Å². The fourth-order valence-corrected chi connectivity index (χ4v) is 3.22. The largest absolute Gasteiger partial charge is 0.370 e. The van der Waals surface area contributed by atoms with Gasteiger partial charge in [0.15, 0.2) is 5.96 Å². The number of piperidine rings is 2. The number of guanidine groups is 1. The van der Waals surface area contributed by atoms with Crippen molar-refractivity contribution in [2.75, 3.05) is 32.7 Å². The third-order valence-electron chi connectivity index (χ3n) is 4.73. The number of hydrogen-bond donors (Lipinski definition) is 1. The van der Waals surface area contributed by atoms with Crippen LogP contribution in [0.25, 0.3) is 0 Å². The van der Waals surface area contributed by atoms with Gasteiger partial charge in [0.2, 0.25) is 0 Å². The van der Waals surface area contributed by atoms with Gasteiger partial charge in [-0.15, -0.1) is 24.0 Å². The zero-order chi connectivity index (χ0) is 13.7. The Morgan fingerprint density at radius 2 is 1.85 bits per heavy atom. The van der Waals surface area contributed by atoms with Gasteiger partial charge in [0.25, 0.3) is 0 Å². The molecule has 0 spiro atoms. The zero-order valence-corrected chi connectivity index (χ0v) is 15.4. The fraction of sp³-hybridized carbons (Fsp3) is 0.933. The molecule has 2 aliphatic rings. The Kier molecular flexibility index (Phi) is 8.17. The second kappa shape index (κ2) is 9.07. The number of aliphatic imine (C=N–C) groups is 1. The lowest BCUT2D eigenvalue weighted by Gasteiger charge is -2.35. The van der Waals surface area contributed by atoms with E-state index in [1.165, 1.54) is 38.6 Å². The van der Waals surface area contributed by atoms with E-state index in [4.69, 9.17) is 5.73 Å². The van der Waals surface area contributed by atoms with E-state index < -0.39 is 0 Å². The van der Waals surface area contributed by atoms with Crippen LogP contribution in [0.4, 0.5) is 0 Å². The molecule has 1 unspecified atom stereocenters. The van der Waals surface area contributed by atoms with Crippen LogP contribution < -0.4 is 5.73 Å². The second-order valence-corrected chi connectivity index (χ2v) is 6.15. The third kappa shape index (κ3) is 5.06. The molecule has 2 N–H and O–H groups in total. The monoisotopic (exact) mass is 394 g/mol. The van der Waals surface area contributed by atoms with E-state index >= 15 is 0 Å². The van der Waals surface area contributed by atoms with Crippen LogP contribution in [0.5, 0.6) is 0 Å². The van der Waals surface area contributed by atoms with Gasteiger partial charge >= 0.3 is 0 Å². The van der Waals surface area contributed by atoms with Gasteiger partial charge in [-0.3, -0.25) is 9.89 Å². The summed E-state index contributed by atoms with van der Waals surface area (Å²) in [4.78, 5) is 9.49. The van der Waals surface area contributed by atoms with Crippen LogP contribution >= 0.6 is 24.0 Å². The molecule has 4 nitrogen and oxygen atoms in total. The summed E-state index contributed by atoms with van der Waals surface area (Å²) in [5.74, 6) is 1.62. The first kappa shape index (κ1) is 18.0. The summed E-state index contributed by atoms with van der Waals surface area (Å²) in [6.45, 7) is 9.99. The van der Waals surface area contributed by atoms with Crippen molar-refractivity contribution in [3.63, 3.8) is 0 Å². The minimum atomic E-state index is 0. The van der Waals surface area contributed by atoms with E-state index in [1.807, 2.05) is 0 Å². The van der Waals surface area contributed by atoms with Gasteiger partial charge in [-0.2, -0.15) is 0 Å². The van der Waals surface area contributed by atoms with Crippen molar-refractivity contribution in [2.24, 2.45) is 16.6 Å². The number of likely N-dealkylation sites (tertiary alicyclic amines) is 2. The van der Waals surface area contributed by atoms with Crippen LogP contribution in [-0.4, -0.2) is 54.5 Å². The summed E-state index contributed by atoms with van der Waals surface area (Å²) in [6.07, 6.45) is 6.47. The minimum absolute atomic E-state index is 0. The molecule has 2 saturated heterocycles. The lowest BCUT2D eigenvalue weighted by molar-refractivity contribution is 0.161. The summed E-state index contributed by atoms with van der Waals surface area (Å²) < 4.78 is 0. The second-order valence-electron chi connectivity index (χ2n) is 6.15. The van der Waals surface area contributed by atoms with Crippen molar-refractivity contribution in [3.8, 4) is 0 Å². The van der Waals surface area contributed by atoms with Crippen molar-refractivity contribution >= 4 is 29.9 Å². The average Bonchev–Trinajstić information content (AvgIpc) is 2.45. The smallest absolute Gasteiger partial charge is 0.191 e. The van der Waals surface area contributed by atoms with E-state index in [1.54, 1.807) is 0 Å². The lowest BCUT2D eigenvalue weighted by atomic mass is 9.99. The van der Waals surface area contributed by atoms with Crippen LogP contribution in [-0.2, 0) is 0 Å². The molecular weight excluding hydrogens is 363 g/mol. The number of hydrogen-bond acceptors (Lipinski definition) is 2. The topological polar surface area (TPSA) is 44.9 Å². The van der Waals surface area contributed by atoms with Gasteiger partial charge in [-0.25, -0.2) is 0 Å². The first-order valence-electron chi connectivity index (χ1n) is 7.99. The third-order valence-corrected chi connectivity index (χ3v) is 4.73. The van der Waals surface area contributed by atoms with E-state index in [9.17, 15) is 0 Å². The molecule has 118 valence electrons. The summed E-state index contributed by atoms with van der Waals surface area (Å²) in [6, 6.07) is 0.612. The molecular formula is C15H31IN4. The number of halogens is 1. The Morgan fingerprint density at radius 3 is 2.50 bits per heavy atom. The molecule has 0 aromatic heterocycles. The molecule has 0 aromatic carbocycles. The Labute approximate surface area is 141 Å². The average molecular weight is 394 g/mol. The highest BCUT2D eigenvalue weighted by Gasteiger charge is 2.21.